The van der Waals surface area contributed by atoms with E-state index in [2.05, 4.69) is 0 Å². The molecule has 0 spiro atoms. The van der Waals surface area contributed by atoms with Crippen LogP contribution >= 0.6 is 0 Å². The summed E-state index contributed by atoms with van der Waals surface area (Å²) in [6.07, 6.45) is 0.633. The van der Waals surface area contributed by atoms with Crippen molar-refractivity contribution in [2.45, 2.75) is 6.54 Å². The first-order valence-electron chi connectivity index (χ1n) is 6.45. The average Bonchev–Trinajstić information content (AvgIpc) is 2.50. The highest BCUT2D eigenvalue weighted by molar-refractivity contribution is 5.96. The summed E-state index contributed by atoms with van der Waals surface area (Å²) < 4.78 is 13.7. The summed E-state index contributed by atoms with van der Waals surface area (Å²) in [6.45, 7) is 0.156. The molecule has 0 saturated heterocycles. The van der Waals surface area contributed by atoms with Crippen molar-refractivity contribution in [3.8, 4) is 0 Å². The summed E-state index contributed by atoms with van der Waals surface area (Å²) in [5.74, 6) is -3.61. The number of amides is 1. The molecule has 22 heavy (non-hydrogen) atoms. The van der Waals surface area contributed by atoms with Gasteiger partial charge in [-0.25, -0.2) is 9.18 Å². The average molecular weight is 303 g/mol. The Bertz CT molecular complexity index is 770. The number of hydrogen-bond acceptors (Lipinski definition) is 3. The number of hydrogen-bond donors (Lipinski definition) is 2. The molecule has 2 rings (SSSR count). The highest BCUT2D eigenvalue weighted by Gasteiger charge is 2.13. The van der Waals surface area contributed by atoms with Gasteiger partial charge < -0.3 is 15.1 Å². The minimum absolute atomic E-state index is 0.156. The smallest absolute Gasteiger partial charge is 0.371 e. The van der Waals surface area contributed by atoms with Gasteiger partial charge in [-0.05, 0) is 17.0 Å². The van der Waals surface area contributed by atoms with E-state index in [1.165, 1.54) is 18.0 Å². The lowest BCUT2D eigenvalue weighted by Crippen LogP contribution is -2.25. The van der Waals surface area contributed by atoms with Gasteiger partial charge in [0.2, 0.25) is 5.76 Å². The Morgan fingerprint density at radius 1 is 1.14 bits per heavy atom. The molecule has 1 amide bonds. The molecule has 0 atom stereocenters. The molecule has 0 bridgehead atoms. The number of aliphatic hydroxyl groups is 1. The molecule has 2 aromatic carbocycles. The molecule has 0 aromatic heterocycles. The van der Waals surface area contributed by atoms with Crippen LogP contribution in [0.25, 0.3) is 10.8 Å². The lowest BCUT2D eigenvalue weighted by Gasteiger charge is -2.17. The number of carbonyl (C=O) groups excluding carboxylic acids is 1. The van der Waals surface area contributed by atoms with Gasteiger partial charge in [0.1, 0.15) is 5.82 Å². The Labute approximate surface area is 125 Å². The summed E-state index contributed by atoms with van der Waals surface area (Å²) in [4.78, 5) is 23.5. The third-order valence-corrected chi connectivity index (χ3v) is 3.22. The lowest BCUT2D eigenvalue weighted by molar-refractivity contribution is -0.136. The van der Waals surface area contributed by atoms with E-state index in [4.69, 9.17) is 10.2 Å². The normalized spacial score (nSPS) is 11.5. The summed E-state index contributed by atoms with van der Waals surface area (Å²) in [5, 5.41) is 18.8. The van der Waals surface area contributed by atoms with Crippen molar-refractivity contribution in [2.24, 2.45) is 0 Å². The number of carbonyl (C=O) groups is 2. The Balaban J connectivity index is 2.28. The summed E-state index contributed by atoms with van der Waals surface area (Å²) in [7, 11) is 1.46. The number of carboxylic acids is 1. The van der Waals surface area contributed by atoms with Crippen LogP contribution in [0.15, 0.2) is 48.2 Å². The fraction of sp³-hybridized carbons (Fsp3) is 0.125. The van der Waals surface area contributed by atoms with Crippen LogP contribution in [0.3, 0.4) is 0 Å². The molecule has 5 nitrogen and oxygen atoms in total. The van der Waals surface area contributed by atoms with Gasteiger partial charge >= 0.3 is 5.97 Å². The molecule has 0 aliphatic rings. The second kappa shape index (κ2) is 6.26. The van der Waals surface area contributed by atoms with E-state index in [9.17, 15) is 14.0 Å². The molecule has 0 aliphatic heterocycles. The number of aliphatic carboxylic acids is 1. The topological polar surface area (TPSA) is 77.8 Å². The number of rotatable bonds is 4. The number of benzene rings is 2. The van der Waals surface area contributed by atoms with Crippen LogP contribution in [-0.2, 0) is 16.1 Å². The monoisotopic (exact) mass is 303 g/mol. The number of carboxylic acid groups (broad SMARTS) is 1. The number of aliphatic hydroxyl groups excluding tert-OH is 1. The zero-order chi connectivity index (χ0) is 16.3. The number of likely N-dealkylation sites (N-methyl/N-ethyl adjacent to an activating group) is 1. The van der Waals surface area contributed by atoms with Crippen LogP contribution in [0.2, 0.25) is 0 Å². The van der Waals surface area contributed by atoms with E-state index in [1.807, 2.05) is 0 Å². The summed E-state index contributed by atoms with van der Waals surface area (Å²) in [5.41, 5.74) is 0.719. The van der Waals surface area contributed by atoms with Crippen LogP contribution < -0.4 is 0 Å². The van der Waals surface area contributed by atoms with Crippen molar-refractivity contribution in [3.63, 3.8) is 0 Å². The molecule has 114 valence electrons. The van der Waals surface area contributed by atoms with Gasteiger partial charge in [-0.15, -0.1) is 0 Å². The van der Waals surface area contributed by atoms with E-state index in [0.29, 0.717) is 16.8 Å². The van der Waals surface area contributed by atoms with Crippen LogP contribution in [0, 0.1) is 5.82 Å². The Kier molecular flexibility index (Phi) is 4.41. The Morgan fingerprint density at radius 3 is 2.41 bits per heavy atom. The van der Waals surface area contributed by atoms with Gasteiger partial charge in [0.25, 0.3) is 5.91 Å². The molecule has 6 heteroatoms. The van der Waals surface area contributed by atoms with Crippen LogP contribution in [0.1, 0.15) is 5.56 Å². The largest absolute Gasteiger partial charge is 0.502 e. The van der Waals surface area contributed by atoms with E-state index >= 15 is 0 Å². The third-order valence-electron chi connectivity index (χ3n) is 3.22. The van der Waals surface area contributed by atoms with Gasteiger partial charge in [-0.2, -0.15) is 0 Å². The van der Waals surface area contributed by atoms with Crippen molar-refractivity contribution in [2.75, 3.05) is 7.05 Å². The van der Waals surface area contributed by atoms with E-state index < -0.39 is 17.6 Å². The van der Waals surface area contributed by atoms with Crippen LogP contribution in [0.5, 0.6) is 0 Å². The number of halogens is 1. The molecule has 0 radical (unpaired) electrons. The Morgan fingerprint density at radius 2 is 1.77 bits per heavy atom. The molecule has 2 N–H and O–H groups in total. The zero-order valence-corrected chi connectivity index (χ0v) is 11.8. The lowest BCUT2D eigenvalue weighted by atomic mass is 10.0. The predicted molar refractivity (Wildman–Crippen MR) is 78.7 cm³/mol. The van der Waals surface area contributed by atoms with E-state index in [1.54, 1.807) is 30.3 Å². The fourth-order valence-electron chi connectivity index (χ4n) is 2.08. The number of fused-ring (bicyclic) bond motifs is 1. The van der Waals surface area contributed by atoms with Crippen molar-refractivity contribution in [3.05, 3.63) is 59.6 Å². The van der Waals surface area contributed by atoms with Gasteiger partial charge in [0, 0.05) is 19.0 Å². The van der Waals surface area contributed by atoms with Gasteiger partial charge in [0.15, 0.2) is 0 Å². The fourth-order valence-corrected chi connectivity index (χ4v) is 2.08. The molecule has 0 aliphatic carbocycles. The maximum absolute atomic E-state index is 13.7. The minimum Gasteiger partial charge on any atom is -0.502 e. The van der Waals surface area contributed by atoms with Crippen molar-refractivity contribution >= 4 is 22.6 Å². The Hall–Kier alpha value is -2.89. The van der Waals surface area contributed by atoms with Gasteiger partial charge in [-0.1, -0.05) is 30.3 Å². The standard InChI is InChI=1S/C16H14FNO4/c1-18(15(20)8-14(19)16(21)22)9-10-6-7-13(17)12-5-3-2-4-11(10)12/h2-8,19H,9H2,1H3,(H,21,22). The van der Waals surface area contributed by atoms with Crippen LogP contribution in [0.4, 0.5) is 4.39 Å². The predicted octanol–water partition coefficient (Wildman–Crippen LogP) is 2.46. The third kappa shape index (κ3) is 3.22. The van der Waals surface area contributed by atoms with E-state index in [0.717, 1.165) is 5.56 Å². The maximum Gasteiger partial charge on any atom is 0.371 e. The number of nitrogens with zero attached hydrogens (tertiary/aromatic N) is 1. The van der Waals surface area contributed by atoms with Crippen molar-refractivity contribution in [1.82, 2.24) is 4.90 Å². The SMILES string of the molecule is CN(Cc1ccc(F)c2ccccc12)C(=O)C=C(O)C(=O)O. The first kappa shape index (κ1) is 15.5. The molecular formula is C16H14FNO4. The maximum atomic E-state index is 13.7. The minimum atomic E-state index is -1.58. The molecule has 2 aromatic rings. The summed E-state index contributed by atoms with van der Waals surface area (Å²) in [6, 6.07) is 9.77. The molecule has 0 fully saturated rings. The molecular weight excluding hydrogens is 289 g/mol. The quantitative estimate of drug-likeness (QED) is 0.672. The van der Waals surface area contributed by atoms with Crippen molar-refractivity contribution < 1.29 is 24.2 Å². The highest BCUT2D eigenvalue weighted by Crippen LogP contribution is 2.22. The second-order valence-electron chi connectivity index (χ2n) is 4.78. The molecule has 0 heterocycles. The zero-order valence-electron chi connectivity index (χ0n) is 11.8. The highest BCUT2D eigenvalue weighted by atomic mass is 19.1. The van der Waals surface area contributed by atoms with Crippen LogP contribution in [-0.4, -0.2) is 34.0 Å². The first-order valence-corrected chi connectivity index (χ1v) is 6.45. The van der Waals surface area contributed by atoms with Gasteiger partial charge in [0.05, 0.1) is 6.08 Å². The second-order valence-corrected chi connectivity index (χ2v) is 4.78. The molecule has 0 saturated carbocycles. The van der Waals surface area contributed by atoms with E-state index in [-0.39, 0.29) is 12.4 Å². The van der Waals surface area contributed by atoms with Gasteiger partial charge in [-0.3, -0.25) is 4.79 Å². The first-order chi connectivity index (χ1) is 10.4. The summed E-state index contributed by atoms with van der Waals surface area (Å²) >= 11 is 0. The van der Waals surface area contributed by atoms with Crippen molar-refractivity contribution in [1.29, 1.82) is 0 Å². The molecule has 0 unspecified atom stereocenters.